The van der Waals surface area contributed by atoms with Crippen LogP contribution in [0.2, 0.25) is 6.04 Å². The highest BCUT2D eigenvalue weighted by Gasteiger charge is 2.37. The first-order chi connectivity index (χ1) is 7.31. The molecule has 0 aliphatic carbocycles. The Hall–Kier alpha value is 0.00688. The molecule has 0 aromatic rings. The second-order valence-corrected chi connectivity index (χ2v) is 8.66. The average molecular weight is 271 g/mol. The number of nitrogens with zero attached hydrogens (tertiary/aromatic N) is 1. The largest absolute Gasteiger partial charge is 0.500 e. The summed E-state index contributed by atoms with van der Waals surface area (Å²) >= 11 is 0. The van der Waals surface area contributed by atoms with E-state index in [1.165, 1.54) is 10.6 Å². The smallest absolute Gasteiger partial charge is 0.377 e. The van der Waals surface area contributed by atoms with Gasteiger partial charge in [0.2, 0.25) is 10.0 Å². The zero-order chi connectivity index (χ0) is 12.8. The predicted octanol–water partition coefficient (Wildman–Crippen LogP) is 0.146. The Morgan fingerprint density at radius 3 is 1.88 bits per heavy atom. The minimum atomic E-state index is -3.11. The van der Waals surface area contributed by atoms with Crippen LogP contribution in [-0.4, -0.2) is 62.7 Å². The van der Waals surface area contributed by atoms with Crippen molar-refractivity contribution in [1.82, 2.24) is 4.31 Å². The van der Waals surface area contributed by atoms with Crippen LogP contribution in [0.25, 0.3) is 0 Å². The molecule has 0 fully saturated rings. The summed E-state index contributed by atoms with van der Waals surface area (Å²) in [6.45, 7) is 0.434. The van der Waals surface area contributed by atoms with Crippen LogP contribution in [0.15, 0.2) is 0 Å². The summed E-state index contributed by atoms with van der Waals surface area (Å²) in [7, 11) is 0.491. The molecule has 0 spiro atoms. The van der Waals surface area contributed by atoms with E-state index in [2.05, 4.69) is 0 Å². The lowest BCUT2D eigenvalue weighted by atomic mass is 10.5. The van der Waals surface area contributed by atoms with Crippen LogP contribution >= 0.6 is 0 Å². The molecule has 0 saturated heterocycles. The fraction of sp³-hybridized carbons (Fsp3) is 1.00. The second kappa shape index (κ2) is 6.67. The fourth-order valence-corrected chi connectivity index (χ4v) is 3.40. The summed E-state index contributed by atoms with van der Waals surface area (Å²) in [4.78, 5) is 0. The monoisotopic (exact) mass is 271 g/mol. The van der Waals surface area contributed by atoms with Gasteiger partial charge in [0.1, 0.15) is 0 Å². The van der Waals surface area contributed by atoms with Gasteiger partial charge in [0.05, 0.1) is 6.26 Å². The molecule has 0 rings (SSSR count). The van der Waals surface area contributed by atoms with E-state index in [1.807, 2.05) is 0 Å². The minimum absolute atomic E-state index is 0.434. The van der Waals surface area contributed by atoms with E-state index in [0.717, 1.165) is 0 Å². The third kappa shape index (κ3) is 4.89. The van der Waals surface area contributed by atoms with Crippen LogP contribution in [0, 0.1) is 0 Å². The van der Waals surface area contributed by atoms with Crippen molar-refractivity contribution in [3.8, 4) is 0 Å². The summed E-state index contributed by atoms with van der Waals surface area (Å²) in [5.41, 5.74) is 0. The third-order valence-electron chi connectivity index (χ3n) is 2.46. The Morgan fingerprint density at radius 2 is 1.56 bits per heavy atom. The van der Waals surface area contributed by atoms with Gasteiger partial charge in [0.25, 0.3) is 0 Å². The van der Waals surface area contributed by atoms with Crippen LogP contribution < -0.4 is 0 Å². The minimum Gasteiger partial charge on any atom is -0.377 e. The topological polar surface area (TPSA) is 65.1 Å². The van der Waals surface area contributed by atoms with Crippen molar-refractivity contribution in [3.63, 3.8) is 0 Å². The maximum absolute atomic E-state index is 11.1. The van der Waals surface area contributed by atoms with Crippen molar-refractivity contribution in [2.24, 2.45) is 0 Å². The molecule has 98 valence electrons. The Labute approximate surface area is 98.9 Å². The van der Waals surface area contributed by atoms with Crippen LogP contribution in [0.5, 0.6) is 0 Å². The lowest BCUT2D eigenvalue weighted by molar-refractivity contribution is 0.122. The molecule has 0 N–H and O–H groups in total. The number of hydrogen-bond acceptors (Lipinski definition) is 5. The van der Waals surface area contributed by atoms with Gasteiger partial charge in [-0.2, -0.15) is 0 Å². The highest BCUT2D eigenvalue weighted by Crippen LogP contribution is 2.15. The molecule has 0 aromatic heterocycles. The van der Waals surface area contributed by atoms with E-state index < -0.39 is 18.8 Å². The first-order valence-corrected chi connectivity index (χ1v) is 8.66. The van der Waals surface area contributed by atoms with Gasteiger partial charge in [-0.3, -0.25) is 0 Å². The van der Waals surface area contributed by atoms with Gasteiger partial charge in [-0.15, -0.1) is 0 Å². The van der Waals surface area contributed by atoms with Gasteiger partial charge in [-0.25, -0.2) is 12.7 Å². The molecular formula is C8H21NO5SSi. The van der Waals surface area contributed by atoms with Crippen LogP contribution in [-0.2, 0) is 23.3 Å². The van der Waals surface area contributed by atoms with E-state index in [9.17, 15) is 8.42 Å². The van der Waals surface area contributed by atoms with Crippen molar-refractivity contribution in [1.29, 1.82) is 0 Å². The van der Waals surface area contributed by atoms with Gasteiger partial charge < -0.3 is 13.3 Å². The SMILES string of the molecule is CO[Si](CCCN(C)S(C)(=O)=O)(OC)OC. The van der Waals surface area contributed by atoms with Crippen molar-refractivity contribution in [3.05, 3.63) is 0 Å². The van der Waals surface area contributed by atoms with E-state index in [0.29, 0.717) is 19.0 Å². The Balaban J connectivity index is 4.15. The molecule has 0 saturated carbocycles. The first kappa shape index (κ1) is 16.0. The molecule has 0 aromatic carbocycles. The van der Waals surface area contributed by atoms with Gasteiger partial charge >= 0.3 is 8.80 Å². The summed E-state index contributed by atoms with van der Waals surface area (Å²) in [5, 5.41) is 0. The summed E-state index contributed by atoms with van der Waals surface area (Å²) in [5.74, 6) is 0. The Morgan fingerprint density at radius 1 is 1.12 bits per heavy atom. The molecule has 0 amide bonds. The predicted molar refractivity (Wildman–Crippen MR) is 63.7 cm³/mol. The first-order valence-electron chi connectivity index (χ1n) is 4.88. The molecule has 0 aliphatic rings. The van der Waals surface area contributed by atoms with Gasteiger partial charge in [0, 0.05) is 41.0 Å². The lowest BCUT2D eigenvalue weighted by Crippen LogP contribution is -2.43. The average Bonchev–Trinajstić information content (AvgIpc) is 2.23. The number of sulfonamides is 1. The maximum atomic E-state index is 11.1. The van der Waals surface area contributed by atoms with Crippen molar-refractivity contribution in [2.75, 3.05) is 41.2 Å². The van der Waals surface area contributed by atoms with E-state index in [1.54, 1.807) is 28.4 Å². The standard InChI is InChI=1S/C8H21NO5SSi/c1-9(15(5,10)11)7-6-8-16(12-2,13-3)14-4/h6-8H2,1-5H3. The van der Waals surface area contributed by atoms with Gasteiger partial charge in [-0.05, 0) is 6.42 Å². The lowest BCUT2D eigenvalue weighted by Gasteiger charge is -2.25. The zero-order valence-electron chi connectivity index (χ0n) is 10.5. The fourth-order valence-electron chi connectivity index (χ4n) is 1.24. The normalized spacial score (nSPS) is 13.4. The highest BCUT2D eigenvalue weighted by molar-refractivity contribution is 7.88. The molecule has 0 radical (unpaired) electrons. The van der Waals surface area contributed by atoms with Crippen LogP contribution in [0.4, 0.5) is 0 Å². The highest BCUT2D eigenvalue weighted by atomic mass is 32.2. The molecule has 16 heavy (non-hydrogen) atoms. The van der Waals surface area contributed by atoms with Crippen molar-refractivity contribution >= 4 is 18.8 Å². The quantitative estimate of drug-likeness (QED) is 0.588. The van der Waals surface area contributed by atoms with Crippen molar-refractivity contribution in [2.45, 2.75) is 12.5 Å². The van der Waals surface area contributed by atoms with Crippen molar-refractivity contribution < 1.29 is 21.7 Å². The third-order valence-corrected chi connectivity index (χ3v) is 6.60. The molecule has 0 aliphatic heterocycles. The van der Waals surface area contributed by atoms with E-state index in [4.69, 9.17) is 13.3 Å². The summed E-state index contributed by atoms with van der Waals surface area (Å²) in [6, 6.07) is 0.594. The molecule has 0 atom stereocenters. The molecule has 8 heteroatoms. The molecule has 0 unspecified atom stereocenters. The summed E-state index contributed by atoms with van der Waals surface area (Å²) in [6.07, 6.45) is 1.83. The van der Waals surface area contributed by atoms with E-state index in [-0.39, 0.29) is 0 Å². The van der Waals surface area contributed by atoms with E-state index >= 15 is 0 Å². The van der Waals surface area contributed by atoms with Gasteiger partial charge in [-0.1, -0.05) is 0 Å². The molecule has 0 heterocycles. The number of rotatable bonds is 8. The maximum Gasteiger partial charge on any atom is 0.500 e. The second-order valence-electron chi connectivity index (χ2n) is 3.48. The zero-order valence-corrected chi connectivity index (χ0v) is 12.3. The van der Waals surface area contributed by atoms with Crippen LogP contribution in [0.3, 0.4) is 0 Å². The molecular weight excluding hydrogens is 250 g/mol. The Kier molecular flexibility index (Phi) is 6.67. The number of hydrogen-bond donors (Lipinski definition) is 0. The molecule has 0 bridgehead atoms. The van der Waals surface area contributed by atoms with Crippen LogP contribution in [0.1, 0.15) is 6.42 Å². The Bertz CT molecular complexity index is 283. The van der Waals surface area contributed by atoms with Gasteiger partial charge in [0.15, 0.2) is 0 Å². The molecule has 6 nitrogen and oxygen atoms in total. The summed E-state index contributed by atoms with van der Waals surface area (Å²) < 4.78 is 39.3.